The van der Waals surface area contributed by atoms with Crippen LogP contribution in [-0.2, 0) is 9.53 Å². The van der Waals surface area contributed by atoms with Gasteiger partial charge in [-0.25, -0.2) is 0 Å². The predicted octanol–water partition coefficient (Wildman–Crippen LogP) is 3.25. The fraction of sp³-hybridized carbons (Fsp3) is 0.700. The molecule has 76 valence electrons. The van der Waals surface area contributed by atoms with Crippen LogP contribution in [0.15, 0.2) is 12.7 Å². The van der Waals surface area contributed by atoms with Crippen LogP contribution in [0.1, 0.15) is 39.0 Å². The summed E-state index contributed by atoms with van der Waals surface area (Å²) in [4.78, 5) is 11.0. The van der Waals surface area contributed by atoms with Gasteiger partial charge in [0.15, 0.2) is 5.56 Å². The second kappa shape index (κ2) is 8.11. The summed E-state index contributed by atoms with van der Waals surface area (Å²) in [6.07, 6.45) is 5.50. The van der Waals surface area contributed by atoms with Gasteiger partial charge < -0.3 is 4.74 Å². The Hall–Kier alpha value is -0.500. The van der Waals surface area contributed by atoms with E-state index < -0.39 is 5.56 Å². The number of unbranched alkanes of at least 4 members (excludes halogenated alkanes) is 1. The molecule has 0 amide bonds. The highest BCUT2D eigenvalue weighted by molar-refractivity contribution is 6.20. The highest BCUT2D eigenvalue weighted by atomic mass is 35.5. The maximum Gasteiger partial charge on any atom is 0.307 e. The van der Waals surface area contributed by atoms with Crippen LogP contribution in [0.25, 0.3) is 0 Å². The van der Waals surface area contributed by atoms with Crippen molar-refractivity contribution in [3.63, 3.8) is 0 Å². The minimum absolute atomic E-state index is 0.240. The van der Waals surface area contributed by atoms with Crippen molar-refractivity contribution in [1.29, 1.82) is 0 Å². The maximum absolute atomic E-state index is 11.0. The van der Waals surface area contributed by atoms with Gasteiger partial charge in [-0.2, -0.15) is 0 Å². The molecule has 0 aliphatic carbocycles. The van der Waals surface area contributed by atoms with Crippen molar-refractivity contribution >= 4 is 17.6 Å². The zero-order valence-electron chi connectivity index (χ0n) is 8.09. The minimum atomic E-state index is -0.461. The zero-order chi connectivity index (χ0) is 10.1. The van der Waals surface area contributed by atoms with E-state index in [0.29, 0.717) is 12.8 Å². The number of hydrogen-bond donors (Lipinski definition) is 0. The second-order valence-corrected chi connectivity index (χ2v) is 3.36. The van der Waals surface area contributed by atoms with Crippen LogP contribution in [0.3, 0.4) is 0 Å². The monoisotopic (exact) mass is 204 g/mol. The smallest absolute Gasteiger partial charge is 0.307 e. The van der Waals surface area contributed by atoms with Gasteiger partial charge in [0.1, 0.15) is 0 Å². The van der Waals surface area contributed by atoms with Gasteiger partial charge in [-0.05, 0) is 19.3 Å². The fourth-order valence-electron chi connectivity index (χ4n) is 0.845. The lowest BCUT2D eigenvalue weighted by molar-refractivity contribution is -0.145. The van der Waals surface area contributed by atoms with Gasteiger partial charge in [0, 0.05) is 6.42 Å². The van der Waals surface area contributed by atoms with Crippen LogP contribution < -0.4 is 0 Å². The Labute approximate surface area is 84.9 Å². The van der Waals surface area contributed by atoms with Crippen molar-refractivity contribution in [3.05, 3.63) is 12.7 Å². The van der Waals surface area contributed by atoms with E-state index in [0.717, 1.165) is 19.3 Å². The molecule has 0 radical (unpaired) electrons. The Morgan fingerprint density at radius 1 is 1.69 bits per heavy atom. The van der Waals surface area contributed by atoms with E-state index in [4.69, 9.17) is 16.3 Å². The molecule has 0 saturated carbocycles. The largest absolute Gasteiger partial charge is 0.446 e. The predicted molar refractivity (Wildman–Crippen MR) is 54.7 cm³/mol. The lowest BCUT2D eigenvalue weighted by Gasteiger charge is -2.09. The van der Waals surface area contributed by atoms with E-state index >= 15 is 0 Å². The van der Waals surface area contributed by atoms with Crippen LogP contribution in [0.4, 0.5) is 0 Å². The lowest BCUT2D eigenvalue weighted by atomic mass is 10.2. The first kappa shape index (κ1) is 12.5. The van der Waals surface area contributed by atoms with Crippen molar-refractivity contribution in [3.8, 4) is 0 Å². The van der Waals surface area contributed by atoms with Crippen LogP contribution in [0, 0.1) is 0 Å². The normalized spacial score (nSPS) is 12.2. The Kier molecular flexibility index (Phi) is 7.80. The summed E-state index contributed by atoms with van der Waals surface area (Å²) in [5.41, 5.74) is -0.461. The Morgan fingerprint density at radius 2 is 2.38 bits per heavy atom. The van der Waals surface area contributed by atoms with E-state index in [1.807, 2.05) is 0 Å². The quantitative estimate of drug-likeness (QED) is 0.362. The molecule has 0 fully saturated rings. The van der Waals surface area contributed by atoms with Crippen molar-refractivity contribution in [2.45, 2.75) is 44.6 Å². The average Bonchev–Trinajstić information content (AvgIpc) is 2.11. The summed E-state index contributed by atoms with van der Waals surface area (Å²) in [7, 11) is 0. The summed E-state index contributed by atoms with van der Waals surface area (Å²) < 4.78 is 4.93. The molecular formula is C10H17ClO2. The third kappa shape index (κ3) is 7.85. The number of hydrogen-bond acceptors (Lipinski definition) is 2. The van der Waals surface area contributed by atoms with Gasteiger partial charge in [-0.15, -0.1) is 6.58 Å². The summed E-state index contributed by atoms with van der Waals surface area (Å²) in [6.45, 7) is 5.59. The number of esters is 1. The highest BCUT2D eigenvalue weighted by Gasteiger charge is 2.09. The van der Waals surface area contributed by atoms with E-state index in [2.05, 4.69) is 13.5 Å². The summed E-state index contributed by atoms with van der Waals surface area (Å²) in [6, 6.07) is 0. The van der Waals surface area contributed by atoms with E-state index in [9.17, 15) is 4.79 Å². The van der Waals surface area contributed by atoms with Gasteiger partial charge in [-0.3, -0.25) is 4.79 Å². The number of halogens is 1. The minimum Gasteiger partial charge on any atom is -0.446 e. The molecule has 1 atom stereocenters. The molecule has 0 N–H and O–H groups in total. The summed E-state index contributed by atoms with van der Waals surface area (Å²) in [5.74, 6) is -0.240. The van der Waals surface area contributed by atoms with Crippen LogP contribution in [0.5, 0.6) is 0 Å². The molecule has 1 unspecified atom stereocenters. The first-order valence-electron chi connectivity index (χ1n) is 4.65. The SMILES string of the molecule is C=CCCC(=O)OC(Cl)CCCC. The van der Waals surface area contributed by atoms with Crippen LogP contribution in [0.2, 0.25) is 0 Å². The average molecular weight is 205 g/mol. The van der Waals surface area contributed by atoms with Crippen molar-refractivity contribution in [2.24, 2.45) is 0 Å². The third-order valence-corrected chi connectivity index (χ3v) is 1.90. The second-order valence-electron chi connectivity index (χ2n) is 2.87. The van der Waals surface area contributed by atoms with Gasteiger partial charge in [0.2, 0.25) is 0 Å². The molecule has 0 aromatic rings. The molecule has 0 aromatic heterocycles. The number of alkyl halides is 1. The molecule has 2 nitrogen and oxygen atoms in total. The Morgan fingerprint density at radius 3 is 2.92 bits per heavy atom. The molecule has 0 aromatic carbocycles. The molecular weight excluding hydrogens is 188 g/mol. The molecule has 0 aliphatic heterocycles. The van der Waals surface area contributed by atoms with Gasteiger partial charge in [-0.1, -0.05) is 31.0 Å². The number of carbonyl (C=O) groups is 1. The van der Waals surface area contributed by atoms with Gasteiger partial charge in [0.25, 0.3) is 0 Å². The van der Waals surface area contributed by atoms with E-state index in [1.54, 1.807) is 6.08 Å². The topological polar surface area (TPSA) is 26.3 Å². The molecule has 0 heterocycles. The van der Waals surface area contributed by atoms with Crippen molar-refractivity contribution in [2.75, 3.05) is 0 Å². The number of ether oxygens (including phenoxy) is 1. The Balaban J connectivity index is 3.46. The van der Waals surface area contributed by atoms with E-state index in [-0.39, 0.29) is 5.97 Å². The molecule has 0 saturated heterocycles. The highest BCUT2D eigenvalue weighted by Crippen LogP contribution is 2.10. The van der Waals surface area contributed by atoms with E-state index in [1.165, 1.54) is 0 Å². The molecule has 13 heavy (non-hydrogen) atoms. The van der Waals surface area contributed by atoms with Crippen molar-refractivity contribution < 1.29 is 9.53 Å². The zero-order valence-corrected chi connectivity index (χ0v) is 8.85. The maximum atomic E-state index is 11.0. The van der Waals surface area contributed by atoms with Gasteiger partial charge >= 0.3 is 5.97 Å². The Bertz CT molecular complexity index is 157. The summed E-state index contributed by atoms with van der Waals surface area (Å²) >= 11 is 5.76. The summed E-state index contributed by atoms with van der Waals surface area (Å²) in [5, 5.41) is 0. The number of carbonyl (C=O) groups excluding carboxylic acids is 1. The van der Waals surface area contributed by atoms with Crippen molar-refractivity contribution in [1.82, 2.24) is 0 Å². The molecule has 0 bridgehead atoms. The molecule has 0 spiro atoms. The fourth-order valence-corrected chi connectivity index (χ4v) is 1.10. The standard InChI is InChI=1S/C10H17ClO2/c1-3-5-7-9(11)13-10(12)8-6-4-2/h4,9H,2-3,5-8H2,1H3. The van der Waals surface area contributed by atoms with Crippen LogP contribution >= 0.6 is 11.6 Å². The number of allylic oxidation sites excluding steroid dienone is 1. The van der Waals surface area contributed by atoms with Gasteiger partial charge in [0.05, 0.1) is 0 Å². The van der Waals surface area contributed by atoms with Crippen LogP contribution in [-0.4, -0.2) is 11.5 Å². The molecule has 0 rings (SSSR count). The lowest BCUT2D eigenvalue weighted by Crippen LogP contribution is -2.12. The first-order chi connectivity index (χ1) is 6.20. The number of rotatable bonds is 7. The third-order valence-electron chi connectivity index (χ3n) is 1.60. The molecule has 3 heteroatoms. The first-order valence-corrected chi connectivity index (χ1v) is 5.08. The molecule has 0 aliphatic rings.